The van der Waals surface area contributed by atoms with Crippen molar-refractivity contribution < 1.29 is 4.79 Å². The first-order valence-corrected chi connectivity index (χ1v) is 7.20. The molecule has 2 aliphatic rings. The summed E-state index contributed by atoms with van der Waals surface area (Å²) >= 11 is 0. The molecule has 1 aromatic carbocycles. The molecule has 0 aliphatic heterocycles. The summed E-state index contributed by atoms with van der Waals surface area (Å²) in [6.45, 7) is 0. The fraction of sp³-hybridized carbons (Fsp3) is 0.412. The van der Waals surface area contributed by atoms with Gasteiger partial charge in [0.2, 0.25) is 0 Å². The number of hydrogen-bond donors (Lipinski definition) is 0. The lowest BCUT2D eigenvalue weighted by molar-refractivity contribution is 0.0876. The normalized spacial score (nSPS) is 28.9. The fourth-order valence-corrected chi connectivity index (χ4v) is 4.09. The van der Waals surface area contributed by atoms with Crippen molar-refractivity contribution in [1.29, 1.82) is 0 Å². The fourth-order valence-electron chi connectivity index (χ4n) is 4.09. The first-order valence-electron chi connectivity index (χ1n) is 7.20. The highest BCUT2D eigenvalue weighted by atomic mass is 16.1. The molecule has 2 fully saturated rings. The third kappa shape index (κ3) is 1.70. The maximum atomic E-state index is 12.8. The molecule has 2 bridgehead atoms. The molecule has 3 unspecified atom stereocenters. The van der Waals surface area contributed by atoms with Gasteiger partial charge in [-0.2, -0.15) is 0 Å². The van der Waals surface area contributed by atoms with E-state index in [0.717, 1.165) is 28.7 Å². The van der Waals surface area contributed by atoms with Crippen LogP contribution in [-0.4, -0.2) is 10.8 Å². The largest absolute Gasteiger partial charge is 0.294 e. The number of fused-ring (bicyclic) bond motifs is 3. The smallest absolute Gasteiger partial charge is 0.166 e. The molecule has 0 amide bonds. The molecular weight excluding hydrogens is 234 g/mol. The average molecular weight is 251 g/mol. The Hall–Kier alpha value is -1.70. The monoisotopic (exact) mass is 251 g/mol. The van der Waals surface area contributed by atoms with E-state index in [1.807, 2.05) is 24.4 Å². The number of rotatable bonds is 2. The quantitative estimate of drug-likeness (QED) is 0.759. The first-order chi connectivity index (χ1) is 9.33. The molecule has 0 N–H and O–H groups in total. The van der Waals surface area contributed by atoms with E-state index >= 15 is 0 Å². The lowest BCUT2D eigenvalue weighted by Gasteiger charge is -2.20. The second-order valence-electron chi connectivity index (χ2n) is 6.05. The molecule has 2 saturated carbocycles. The summed E-state index contributed by atoms with van der Waals surface area (Å²) in [4.78, 5) is 17.0. The van der Waals surface area contributed by atoms with Crippen molar-refractivity contribution in [1.82, 2.24) is 4.98 Å². The number of carbonyl (C=O) groups excluding carboxylic acids is 1. The molecule has 0 radical (unpaired) electrons. The van der Waals surface area contributed by atoms with Crippen LogP contribution in [0.4, 0.5) is 0 Å². The molecule has 1 aromatic heterocycles. The van der Waals surface area contributed by atoms with Crippen molar-refractivity contribution in [2.45, 2.75) is 25.7 Å². The first kappa shape index (κ1) is 11.2. The highest BCUT2D eigenvalue weighted by molar-refractivity contribution is 6.09. The van der Waals surface area contributed by atoms with E-state index in [1.54, 1.807) is 6.20 Å². The van der Waals surface area contributed by atoms with Crippen LogP contribution in [0.15, 0.2) is 36.7 Å². The molecule has 0 spiro atoms. The Balaban J connectivity index is 1.76. The van der Waals surface area contributed by atoms with Crippen molar-refractivity contribution in [2.75, 3.05) is 0 Å². The Morgan fingerprint density at radius 3 is 2.89 bits per heavy atom. The van der Waals surface area contributed by atoms with Gasteiger partial charge in [0, 0.05) is 29.3 Å². The second-order valence-corrected chi connectivity index (χ2v) is 6.05. The lowest BCUT2D eigenvalue weighted by atomic mass is 9.82. The Bertz CT molecular complexity index is 643. The highest BCUT2D eigenvalue weighted by Gasteiger charge is 2.43. The molecule has 19 heavy (non-hydrogen) atoms. The predicted molar refractivity (Wildman–Crippen MR) is 75.0 cm³/mol. The van der Waals surface area contributed by atoms with Crippen LogP contribution in [0.25, 0.3) is 10.8 Å². The van der Waals surface area contributed by atoms with Gasteiger partial charge in [-0.3, -0.25) is 9.78 Å². The van der Waals surface area contributed by atoms with Crippen LogP contribution in [0.3, 0.4) is 0 Å². The van der Waals surface area contributed by atoms with E-state index in [2.05, 4.69) is 11.1 Å². The molecule has 2 aliphatic carbocycles. The zero-order chi connectivity index (χ0) is 12.8. The summed E-state index contributed by atoms with van der Waals surface area (Å²) in [7, 11) is 0. The molecule has 96 valence electrons. The molecule has 2 nitrogen and oxygen atoms in total. The van der Waals surface area contributed by atoms with Gasteiger partial charge in [-0.25, -0.2) is 0 Å². The number of hydrogen-bond acceptors (Lipinski definition) is 2. The van der Waals surface area contributed by atoms with Crippen LogP contribution in [0.5, 0.6) is 0 Å². The second kappa shape index (κ2) is 4.16. The number of Topliss-reactive ketones (excluding diaryl/α,β-unsaturated/α-hetero) is 1. The summed E-state index contributed by atoms with van der Waals surface area (Å²) in [5, 5.41) is 2.13. The summed E-state index contributed by atoms with van der Waals surface area (Å²) in [6, 6.07) is 7.99. The lowest BCUT2D eigenvalue weighted by Crippen LogP contribution is -2.21. The van der Waals surface area contributed by atoms with Crippen LogP contribution in [0.1, 0.15) is 36.0 Å². The van der Waals surface area contributed by atoms with E-state index < -0.39 is 0 Å². The van der Waals surface area contributed by atoms with Crippen LogP contribution in [-0.2, 0) is 0 Å². The highest BCUT2D eigenvalue weighted by Crippen LogP contribution is 2.49. The summed E-state index contributed by atoms with van der Waals surface area (Å²) in [5.74, 6) is 2.08. The van der Waals surface area contributed by atoms with Gasteiger partial charge >= 0.3 is 0 Å². The maximum Gasteiger partial charge on any atom is 0.166 e. The van der Waals surface area contributed by atoms with Crippen molar-refractivity contribution in [3.8, 4) is 0 Å². The Labute approximate surface area is 112 Å². The van der Waals surface area contributed by atoms with E-state index in [0.29, 0.717) is 11.7 Å². The minimum atomic E-state index is 0.268. The third-order valence-electron chi connectivity index (χ3n) is 5.02. The van der Waals surface area contributed by atoms with Gasteiger partial charge in [0.05, 0.1) is 0 Å². The minimum absolute atomic E-state index is 0.268. The van der Waals surface area contributed by atoms with E-state index in [9.17, 15) is 4.79 Å². The van der Waals surface area contributed by atoms with Crippen LogP contribution in [0, 0.1) is 17.8 Å². The molecule has 2 aromatic rings. The Kier molecular flexibility index (Phi) is 2.44. The zero-order valence-electron chi connectivity index (χ0n) is 10.9. The zero-order valence-corrected chi connectivity index (χ0v) is 10.9. The predicted octanol–water partition coefficient (Wildman–Crippen LogP) is 3.85. The van der Waals surface area contributed by atoms with Gasteiger partial charge in [0.25, 0.3) is 0 Å². The number of benzene rings is 1. The number of nitrogens with zero attached hydrogens (tertiary/aromatic N) is 1. The third-order valence-corrected chi connectivity index (χ3v) is 5.02. The van der Waals surface area contributed by atoms with E-state index in [-0.39, 0.29) is 5.92 Å². The van der Waals surface area contributed by atoms with Gasteiger partial charge in [-0.05, 0) is 42.6 Å². The van der Waals surface area contributed by atoms with E-state index in [4.69, 9.17) is 0 Å². The molecule has 1 heterocycles. The number of pyridine rings is 1. The number of ketones is 1. The van der Waals surface area contributed by atoms with Gasteiger partial charge < -0.3 is 0 Å². The van der Waals surface area contributed by atoms with E-state index in [1.165, 1.54) is 19.3 Å². The standard InChI is InChI=1S/C17H17NO/c19-17(15-9-11-4-5-13(15)8-11)14-3-1-2-12-6-7-18-10-16(12)14/h1-3,6-7,10-11,13,15H,4-5,8-9H2. The molecule has 4 rings (SSSR count). The van der Waals surface area contributed by atoms with Crippen LogP contribution < -0.4 is 0 Å². The molecule has 0 saturated heterocycles. The van der Waals surface area contributed by atoms with Crippen molar-refractivity contribution >= 4 is 16.6 Å². The van der Waals surface area contributed by atoms with Crippen molar-refractivity contribution in [3.63, 3.8) is 0 Å². The Morgan fingerprint density at radius 1 is 1.16 bits per heavy atom. The SMILES string of the molecule is O=C(c1cccc2ccncc12)C1CC2CCC1C2. The van der Waals surface area contributed by atoms with Gasteiger partial charge in [-0.15, -0.1) is 0 Å². The molecule has 2 heteroatoms. The van der Waals surface area contributed by atoms with Crippen LogP contribution >= 0.6 is 0 Å². The van der Waals surface area contributed by atoms with Crippen LogP contribution in [0.2, 0.25) is 0 Å². The topological polar surface area (TPSA) is 30.0 Å². The minimum Gasteiger partial charge on any atom is -0.294 e. The van der Waals surface area contributed by atoms with Gasteiger partial charge in [0.15, 0.2) is 5.78 Å². The van der Waals surface area contributed by atoms with Gasteiger partial charge in [0.1, 0.15) is 0 Å². The Morgan fingerprint density at radius 2 is 2.11 bits per heavy atom. The number of carbonyl (C=O) groups is 1. The summed E-state index contributed by atoms with van der Waals surface area (Å²) < 4.78 is 0. The average Bonchev–Trinajstić information content (AvgIpc) is 3.08. The van der Waals surface area contributed by atoms with Crippen molar-refractivity contribution in [3.05, 3.63) is 42.2 Å². The van der Waals surface area contributed by atoms with Gasteiger partial charge in [-0.1, -0.05) is 24.6 Å². The molecular formula is C17H17NO. The van der Waals surface area contributed by atoms with Crippen molar-refractivity contribution in [2.24, 2.45) is 17.8 Å². The number of aromatic nitrogens is 1. The summed E-state index contributed by atoms with van der Waals surface area (Å²) in [5.41, 5.74) is 0.878. The summed E-state index contributed by atoms with van der Waals surface area (Å²) in [6.07, 6.45) is 8.60. The molecule has 3 atom stereocenters. The maximum absolute atomic E-state index is 12.8.